The minimum absolute atomic E-state index is 0.0167. The number of nitro groups is 1. The zero-order valence-corrected chi connectivity index (χ0v) is 10.9. The maximum absolute atomic E-state index is 13.4. The Kier molecular flexibility index (Phi) is 4.00. The molecule has 2 rings (SSSR count). The predicted molar refractivity (Wildman–Crippen MR) is 70.8 cm³/mol. The minimum atomic E-state index is -0.724. The molecule has 0 heterocycles. The number of rotatable bonds is 4. The maximum atomic E-state index is 13.4. The summed E-state index contributed by atoms with van der Waals surface area (Å²) in [6.45, 7) is 0. The van der Waals surface area contributed by atoms with Crippen molar-refractivity contribution < 1.29 is 18.8 Å². The van der Waals surface area contributed by atoms with Gasteiger partial charge in [-0.3, -0.25) is 10.1 Å². The second-order valence-corrected chi connectivity index (χ2v) is 3.92. The number of nitriles is 1. The first-order valence-corrected chi connectivity index (χ1v) is 5.75. The van der Waals surface area contributed by atoms with Crippen LogP contribution in [0.4, 0.5) is 10.1 Å². The summed E-state index contributed by atoms with van der Waals surface area (Å²) in [6, 6.07) is 9.52. The fourth-order valence-corrected chi connectivity index (χ4v) is 1.70. The molecule has 6 nitrogen and oxygen atoms in total. The Labute approximate surface area is 119 Å². The number of methoxy groups -OCH3 is 1. The molecule has 0 unspecified atom stereocenters. The lowest BCUT2D eigenvalue weighted by Gasteiger charge is -2.09. The first-order chi connectivity index (χ1) is 10.1. The molecule has 0 N–H and O–H groups in total. The third-order valence-electron chi connectivity index (χ3n) is 2.66. The van der Waals surface area contributed by atoms with Crippen molar-refractivity contribution in [2.45, 2.75) is 0 Å². The molecule has 0 saturated heterocycles. The van der Waals surface area contributed by atoms with Gasteiger partial charge < -0.3 is 9.47 Å². The van der Waals surface area contributed by atoms with Crippen LogP contribution in [0.25, 0.3) is 0 Å². The topological polar surface area (TPSA) is 85.4 Å². The molecule has 7 heteroatoms. The smallest absolute Gasteiger partial charge is 0.314 e. The van der Waals surface area contributed by atoms with Gasteiger partial charge in [0.15, 0.2) is 5.75 Å². The van der Waals surface area contributed by atoms with Crippen LogP contribution < -0.4 is 9.47 Å². The van der Waals surface area contributed by atoms with Crippen LogP contribution in [0.15, 0.2) is 36.4 Å². The highest BCUT2D eigenvalue weighted by molar-refractivity contribution is 5.53. The van der Waals surface area contributed by atoms with Crippen LogP contribution in [0.5, 0.6) is 17.2 Å². The van der Waals surface area contributed by atoms with Gasteiger partial charge in [-0.1, -0.05) is 6.07 Å². The molecular weight excluding hydrogens is 279 g/mol. The van der Waals surface area contributed by atoms with Gasteiger partial charge in [0.1, 0.15) is 28.9 Å². The monoisotopic (exact) mass is 288 g/mol. The summed E-state index contributed by atoms with van der Waals surface area (Å²) < 4.78 is 23.7. The molecule has 0 aliphatic carbocycles. The van der Waals surface area contributed by atoms with E-state index in [4.69, 9.17) is 14.7 Å². The van der Waals surface area contributed by atoms with Gasteiger partial charge in [-0.2, -0.15) is 5.26 Å². The molecule has 0 bridgehead atoms. The first-order valence-electron chi connectivity index (χ1n) is 5.75. The van der Waals surface area contributed by atoms with E-state index in [0.717, 1.165) is 12.1 Å². The van der Waals surface area contributed by atoms with E-state index in [0.29, 0.717) is 0 Å². The van der Waals surface area contributed by atoms with Crippen LogP contribution in [-0.2, 0) is 0 Å². The summed E-state index contributed by atoms with van der Waals surface area (Å²) >= 11 is 0. The van der Waals surface area contributed by atoms with E-state index in [2.05, 4.69) is 0 Å². The van der Waals surface area contributed by atoms with Crippen molar-refractivity contribution in [3.8, 4) is 23.3 Å². The molecule has 0 aliphatic rings. The third-order valence-corrected chi connectivity index (χ3v) is 2.66. The van der Waals surface area contributed by atoms with Crippen molar-refractivity contribution in [3.05, 3.63) is 57.9 Å². The van der Waals surface area contributed by atoms with Crippen molar-refractivity contribution in [2.24, 2.45) is 0 Å². The zero-order chi connectivity index (χ0) is 15.4. The van der Waals surface area contributed by atoms with Gasteiger partial charge in [-0.15, -0.1) is 0 Å². The second-order valence-electron chi connectivity index (χ2n) is 3.92. The summed E-state index contributed by atoms with van der Waals surface area (Å²) in [6.07, 6.45) is 0. The summed E-state index contributed by atoms with van der Waals surface area (Å²) in [5.41, 5.74) is -0.555. The molecule has 0 saturated carbocycles. The average molecular weight is 288 g/mol. The van der Waals surface area contributed by atoms with E-state index in [-0.39, 0.29) is 28.5 Å². The van der Waals surface area contributed by atoms with Crippen LogP contribution in [0, 0.1) is 27.3 Å². The molecule has 2 aromatic carbocycles. The average Bonchev–Trinajstić information content (AvgIpc) is 2.47. The molecule has 0 fully saturated rings. The predicted octanol–water partition coefficient (Wildman–Crippen LogP) is 3.41. The van der Waals surface area contributed by atoms with Gasteiger partial charge in [0.05, 0.1) is 18.1 Å². The Morgan fingerprint density at radius 2 is 2.05 bits per heavy atom. The lowest BCUT2D eigenvalue weighted by molar-refractivity contribution is -0.385. The Balaban J connectivity index is 2.42. The fraction of sp³-hybridized carbons (Fsp3) is 0.0714. The molecule has 0 amide bonds. The lowest BCUT2D eigenvalue weighted by atomic mass is 10.2. The number of ether oxygens (including phenoxy) is 2. The Hall–Kier alpha value is -3.14. The molecule has 21 heavy (non-hydrogen) atoms. The maximum Gasteiger partial charge on any atom is 0.314 e. The Bertz CT molecular complexity index is 740. The number of hydrogen-bond acceptors (Lipinski definition) is 5. The highest BCUT2D eigenvalue weighted by Gasteiger charge is 2.17. The summed E-state index contributed by atoms with van der Waals surface area (Å²) in [4.78, 5) is 10.3. The number of halogens is 1. The molecule has 0 spiro atoms. The number of nitrogens with zero attached hydrogens (tertiary/aromatic N) is 2. The van der Waals surface area contributed by atoms with Crippen LogP contribution >= 0.6 is 0 Å². The summed E-state index contributed by atoms with van der Waals surface area (Å²) in [7, 11) is 1.31. The molecule has 0 radical (unpaired) electrons. The normalized spacial score (nSPS) is 9.76. The van der Waals surface area contributed by atoms with E-state index in [1.807, 2.05) is 0 Å². The van der Waals surface area contributed by atoms with Gasteiger partial charge in [0, 0.05) is 0 Å². The molecule has 0 aromatic heterocycles. The zero-order valence-electron chi connectivity index (χ0n) is 10.9. The molecule has 0 aliphatic heterocycles. The van der Waals surface area contributed by atoms with Crippen molar-refractivity contribution in [3.63, 3.8) is 0 Å². The molecule has 2 aromatic rings. The van der Waals surface area contributed by atoms with Gasteiger partial charge in [-0.05, 0) is 24.3 Å². The quantitative estimate of drug-likeness (QED) is 0.635. The van der Waals surface area contributed by atoms with Crippen LogP contribution in [0.3, 0.4) is 0 Å². The summed E-state index contributed by atoms with van der Waals surface area (Å²) in [5.74, 6) is -0.563. The lowest BCUT2D eigenvalue weighted by Crippen LogP contribution is -1.96. The Morgan fingerprint density at radius 3 is 2.67 bits per heavy atom. The number of nitro benzene ring substituents is 1. The standard InChI is InChI=1S/C14H9FN2O4/c1-20-14-6-5-9(7-12(14)17(18)19)21-13-4-2-3-11(15)10(13)8-16/h2-7H,1H3. The SMILES string of the molecule is COc1ccc(Oc2cccc(F)c2C#N)cc1[N+](=O)[O-]. The molecule has 0 atom stereocenters. The van der Waals surface area contributed by atoms with E-state index in [9.17, 15) is 14.5 Å². The van der Waals surface area contributed by atoms with Crippen LogP contribution in [0.1, 0.15) is 5.56 Å². The van der Waals surface area contributed by atoms with Gasteiger partial charge in [0.2, 0.25) is 0 Å². The highest BCUT2D eigenvalue weighted by atomic mass is 19.1. The largest absolute Gasteiger partial charge is 0.490 e. The minimum Gasteiger partial charge on any atom is -0.490 e. The second kappa shape index (κ2) is 5.88. The highest BCUT2D eigenvalue weighted by Crippen LogP contribution is 2.34. The molecular formula is C14H9FN2O4. The van der Waals surface area contributed by atoms with Crippen molar-refractivity contribution in [1.82, 2.24) is 0 Å². The third kappa shape index (κ3) is 2.90. The Morgan fingerprint density at radius 1 is 1.29 bits per heavy atom. The summed E-state index contributed by atoms with van der Waals surface area (Å²) in [5, 5.41) is 19.8. The first kappa shape index (κ1) is 14.3. The van der Waals surface area contributed by atoms with Crippen molar-refractivity contribution >= 4 is 5.69 Å². The van der Waals surface area contributed by atoms with E-state index in [1.54, 1.807) is 6.07 Å². The van der Waals surface area contributed by atoms with Gasteiger partial charge in [-0.25, -0.2) is 4.39 Å². The van der Waals surface area contributed by atoms with Gasteiger partial charge >= 0.3 is 5.69 Å². The van der Waals surface area contributed by atoms with Crippen LogP contribution in [-0.4, -0.2) is 12.0 Å². The van der Waals surface area contributed by atoms with E-state index < -0.39 is 10.7 Å². The molecule has 106 valence electrons. The van der Waals surface area contributed by atoms with Crippen molar-refractivity contribution in [2.75, 3.05) is 7.11 Å². The number of hydrogen-bond donors (Lipinski definition) is 0. The van der Waals surface area contributed by atoms with Gasteiger partial charge in [0.25, 0.3) is 0 Å². The number of benzene rings is 2. The van der Waals surface area contributed by atoms with E-state index in [1.165, 1.54) is 31.4 Å². The van der Waals surface area contributed by atoms with E-state index >= 15 is 0 Å². The van der Waals surface area contributed by atoms with Crippen molar-refractivity contribution in [1.29, 1.82) is 5.26 Å². The fourth-order valence-electron chi connectivity index (χ4n) is 1.70. The van der Waals surface area contributed by atoms with Crippen LogP contribution in [0.2, 0.25) is 0 Å².